The van der Waals surface area contributed by atoms with Crippen molar-refractivity contribution >= 4 is 21.8 Å². The van der Waals surface area contributed by atoms with Crippen molar-refractivity contribution in [1.29, 1.82) is 0 Å². The first-order valence-electron chi connectivity index (χ1n) is 6.62. The molecule has 0 N–H and O–H groups in total. The van der Waals surface area contributed by atoms with Crippen LogP contribution < -0.4 is 0 Å². The zero-order valence-corrected chi connectivity index (χ0v) is 13.1. The van der Waals surface area contributed by atoms with Gasteiger partial charge in [-0.05, 0) is 25.6 Å². The van der Waals surface area contributed by atoms with Gasteiger partial charge in [-0.15, -0.1) is 0 Å². The van der Waals surface area contributed by atoms with Gasteiger partial charge in [0.2, 0.25) is 0 Å². The summed E-state index contributed by atoms with van der Waals surface area (Å²) in [6.45, 7) is 6.68. The molecule has 0 aromatic heterocycles. The summed E-state index contributed by atoms with van der Waals surface area (Å²) in [6, 6.07) is 2.42. The van der Waals surface area contributed by atoms with E-state index in [4.69, 9.17) is 0 Å². The van der Waals surface area contributed by atoms with Gasteiger partial charge >= 0.3 is 0 Å². The second-order valence-electron chi connectivity index (χ2n) is 4.97. The molecule has 110 valence electrons. The number of hydrogen-bond acceptors (Lipinski definition) is 2. The van der Waals surface area contributed by atoms with E-state index in [0.29, 0.717) is 13.1 Å². The lowest BCUT2D eigenvalue weighted by atomic mass is 10.1. The van der Waals surface area contributed by atoms with Crippen LogP contribution in [0.25, 0.3) is 0 Å². The molecular formula is C14H17BrF2N2O. The van der Waals surface area contributed by atoms with Gasteiger partial charge < -0.3 is 4.90 Å². The third-order valence-corrected chi connectivity index (χ3v) is 4.14. The molecule has 1 heterocycles. The Morgan fingerprint density at radius 1 is 1.35 bits per heavy atom. The predicted octanol–water partition coefficient (Wildman–Crippen LogP) is 2.89. The standard InChI is InChI=1S/C14H17BrF2N2O/c1-3-18-4-5-19(8-9(18)2)14(20)13-11(16)6-10(15)7-12(13)17/h6-7,9H,3-5,8H2,1-2H3. The summed E-state index contributed by atoms with van der Waals surface area (Å²) < 4.78 is 27.9. The molecule has 1 fully saturated rings. The Balaban J connectivity index is 2.21. The average Bonchev–Trinajstić information content (AvgIpc) is 2.37. The summed E-state index contributed by atoms with van der Waals surface area (Å²) in [5.41, 5.74) is -0.467. The fourth-order valence-electron chi connectivity index (χ4n) is 2.55. The highest BCUT2D eigenvalue weighted by Gasteiger charge is 2.29. The number of carbonyl (C=O) groups is 1. The fraction of sp³-hybridized carbons (Fsp3) is 0.500. The van der Waals surface area contributed by atoms with E-state index in [1.54, 1.807) is 0 Å². The van der Waals surface area contributed by atoms with Gasteiger partial charge in [0.25, 0.3) is 5.91 Å². The monoisotopic (exact) mass is 346 g/mol. The molecule has 1 atom stereocenters. The molecule has 0 bridgehead atoms. The molecule has 0 spiro atoms. The molecule has 1 aliphatic rings. The summed E-state index contributed by atoms with van der Waals surface area (Å²) in [5.74, 6) is -2.23. The Morgan fingerprint density at radius 3 is 2.45 bits per heavy atom. The Morgan fingerprint density at radius 2 is 1.95 bits per heavy atom. The molecule has 0 radical (unpaired) electrons. The summed E-state index contributed by atoms with van der Waals surface area (Å²) in [7, 11) is 0. The molecular weight excluding hydrogens is 330 g/mol. The van der Waals surface area contributed by atoms with Crippen molar-refractivity contribution in [2.24, 2.45) is 0 Å². The van der Waals surface area contributed by atoms with Crippen molar-refractivity contribution < 1.29 is 13.6 Å². The van der Waals surface area contributed by atoms with Crippen LogP contribution in [0.15, 0.2) is 16.6 Å². The first-order chi connectivity index (χ1) is 9.43. The molecule has 20 heavy (non-hydrogen) atoms. The normalized spacial score (nSPS) is 20.2. The van der Waals surface area contributed by atoms with Gasteiger partial charge in [-0.25, -0.2) is 8.78 Å². The first-order valence-corrected chi connectivity index (χ1v) is 7.41. The highest BCUT2D eigenvalue weighted by molar-refractivity contribution is 9.10. The van der Waals surface area contributed by atoms with Crippen LogP contribution in [-0.2, 0) is 0 Å². The van der Waals surface area contributed by atoms with Crippen molar-refractivity contribution in [2.45, 2.75) is 19.9 Å². The van der Waals surface area contributed by atoms with E-state index >= 15 is 0 Å². The minimum Gasteiger partial charge on any atom is -0.336 e. The lowest BCUT2D eigenvalue weighted by Gasteiger charge is -2.39. The first kappa shape index (κ1) is 15.4. The summed E-state index contributed by atoms with van der Waals surface area (Å²) in [5, 5.41) is 0. The maximum absolute atomic E-state index is 13.8. The molecule has 1 aliphatic heterocycles. The third-order valence-electron chi connectivity index (χ3n) is 3.68. The van der Waals surface area contributed by atoms with Gasteiger partial charge in [0.1, 0.15) is 17.2 Å². The van der Waals surface area contributed by atoms with Crippen molar-refractivity contribution in [3.05, 3.63) is 33.8 Å². The average molecular weight is 347 g/mol. The largest absolute Gasteiger partial charge is 0.336 e. The van der Waals surface area contributed by atoms with E-state index in [0.717, 1.165) is 25.2 Å². The lowest BCUT2D eigenvalue weighted by molar-refractivity contribution is 0.0519. The van der Waals surface area contributed by atoms with Crippen LogP contribution in [0.3, 0.4) is 0 Å². The molecule has 2 rings (SSSR count). The second kappa shape index (κ2) is 6.18. The van der Waals surface area contributed by atoms with E-state index in [2.05, 4.69) is 27.8 Å². The van der Waals surface area contributed by atoms with Gasteiger partial charge in [-0.1, -0.05) is 22.9 Å². The van der Waals surface area contributed by atoms with E-state index < -0.39 is 23.1 Å². The molecule has 1 aromatic rings. The predicted molar refractivity (Wildman–Crippen MR) is 76.7 cm³/mol. The van der Waals surface area contributed by atoms with E-state index in [1.807, 2.05) is 6.92 Å². The number of carbonyl (C=O) groups excluding carboxylic acids is 1. The molecule has 0 saturated carbocycles. The number of amides is 1. The highest BCUT2D eigenvalue weighted by atomic mass is 79.9. The highest BCUT2D eigenvalue weighted by Crippen LogP contribution is 2.22. The quantitative estimate of drug-likeness (QED) is 0.821. The zero-order chi connectivity index (χ0) is 14.9. The van der Waals surface area contributed by atoms with Crippen molar-refractivity contribution in [1.82, 2.24) is 9.80 Å². The van der Waals surface area contributed by atoms with E-state index in [9.17, 15) is 13.6 Å². The van der Waals surface area contributed by atoms with Gasteiger partial charge in [0.15, 0.2) is 0 Å². The number of rotatable bonds is 2. The number of likely N-dealkylation sites (N-methyl/N-ethyl adjacent to an activating group) is 1. The van der Waals surface area contributed by atoms with Crippen LogP contribution in [0.4, 0.5) is 8.78 Å². The molecule has 1 aromatic carbocycles. The fourth-order valence-corrected chi connectivity index (χ4v) is 2.96. The van der Waals surface area contributed by atoms with Crippen LogP contribution in [-0.4, -0.2) is 47.9 Å². The topological polar surface area (TPSA) is 23.6 Å². The van der Waals surface area contributed by atoms with Crippen LogP contribution in [0, 0.1) is 11.6 Å². The van der Waals surface area contributed by atoms with E-state index in [-0.39, 0.29) is 10.5 Å². The minimum absolute atomic E-state index is 0.194. The summed E-state index contributed by atoms with van der Waals surface area (Å²) >= 11 is 3.01. The maximum atomic E-state index is 13.8. The Hall–Kier alpha value is -1.01. The summed E-state index contributed by atoms with van der Waals surface area (Å²) in [6.07, 6.45) is 0. The number of benzene rings is 1. The van der Waals surface area contributed by atoms with Gasteiger partial charge in [0, 0.05) is 30.1 Å². The number of halogens is 3. The molecule has 1 unspecified atom stereocenters. The second-order valence-corrected chi connectivity index (χ2v) is 5.89. The van der Waals surface area contributed by atoms with Crippen LogP contribution >= 0.6 is 15.9 Å². The molecule has 3 nitrogen and oxygen atoms in total. The van der Waals surface area contributed by atoms with Crippen LogP contribution in [0.2, 0.25) is 0 Å². The molecule has 1 amide bonds. The zero-order valence-electron chi connectivity index (χ0n) is 11.5. The maximum Gasteiger partial charge on any atom is 0.259 e. The van der Waals surface area contributed by atoms with Crippen LogP contribution in [0.1, 0.15) is 24.2 Å². The van der Waals surface area contributed by atoms with Crippen LogP contribution in [0.5, 0.6) is 0 Å². The van der Waals surface area contributed by atoms with Gasteiger partial charge in [-0.3, -0.25) is 9.69 Å². The van der Waals surface area contributed by atoms with Gasteiger partial charge in [-0.2, -0.15) is 0 Å². The van der Waals surface area contributed by atoms with Crippen molar-refractivity contribution in [2.75, 3.05) is 26.2 Å². The number of nitrogens with zero attached hydrogens (tertiary/aromatic N) is 2. The third kappa shape index (κ3) is 3.01. The lowest BCUT2D eigenvalue weighted by Crippen LogP contribution is -2.53. The molecule has 1 saturated heterocycles. The number of hydrogen-bond donors (Lipinski definition) is 0. The number of piperazine rings is 1. The Kier molecular flexibility index (Phi) is 4.75. The molecule has 6 heteroatoms. The SMILES string of the molecule is CCN1CCN(C(=O)c2c(F)cc(Br)cc2F)CC1C. The van der Waals surface area contributed by atoms with E-state index in [1.165, 1.54) is 4.90 Å². The Bertz CT molecular complexity index is 501. The van der Waals surface area contributed by atoms with Gasteiger partial charge in [0.05, 0.1) is 0 Å². The van der Waals surface area contributed by atoms with Crippen molar-refractivity contribution in [3.8, 4) is 0 Å². The van der Waals surface area contributed by atoms with Crippen molar-refractivity contribution in [3.63, 3.8) is 0 Å². The molecule has 0 aliphatic carbocycles. The smallest absolute Gasteiger partial charge is 0.259 e. The minimum atomic E-state index is -0.826. The Labute approximate surface area is 125 Å². The summed E-state index contributed by atoms with van der Waals surface area (Å²) in [4.78, 5) is 16.1.